The molecule has 0 aromatic heterocycles. The standard InChI is InChI=1S/C21H23F3O3S/c1-15-10-12-18(13-11-15)28(27)19(20(25)26)9-4-2-3-6-16-7-5-8-17(14-16)21(22,23)24/h5,7-8,10-14,19H,2-4,6,9H2,1H3,(H,25,26). The molecule has 2 unspecified atom stereocenters. The number of hydrogen-bond acceptors (Lipinski definition) is 2. The minimum Gasteiger partial charge on any atom is -0.480 e. The first-order valence-corrected chi connectivity index (χ1v) is 10.3. The fourth-order valence-corrected chi connectivity index (χ4v) is 4.19. The number of benzene rings is 2. The first kappa shape index (κ1) is 22.1. The Labute approximate surface area is 165 Å². The van der Waals surface area contributed by atoms with Crippen molar-refractivity contribution in [1.29, 1.82) is 0 Å². The second kappa shape index (κ2) is 9.87. The molecule has 2 aromatic rings. The van der Waals surface area contributed by atoms with Gasteiger partial charge >= 0.3 is 12.1 Å². The Bertz CT molecular complexity index is 816. The zero-order valence-electron chi connectivity index (χ0n) is 15.5. The maximum atomic E-state index is 12.7. The molecule has 0 aliphatic heterocycles. The van der Waals surface area contributed by atoms with Crippen LogP contribution in [0.15, 0.2) is 53.4 Å². The SMILES string of the molecule is Cc1ccc(S(=O)C(CCCCCc2cccc(C(F)(F)F)c2)C(=O)O)cc1. The molecule has 0 aliphatic carbocycles. The lowest BCUT2D eigenvalue weighted by molar-refractivity contribution is -0.138. The molecule has 152 valence electrons. The predicted molar refractivity (Wildman–Crippen MR) is 103 cm³/mol. The van der Waals surface area contributed by atoms with Crippen molar-refractivity contribution in [2.24, 2.45) is 0 Å². The van der Waals surface area contributed by atoms with Crippen molar-refractivity contribution in [3.63, 3.8) is 0 Å². The van der Waals surface area contributed by atoms with E-state index in [4.69, 9.17) is 0 Å². The van der Waals surface area contributed by atoms with Crippen LogP contribution in [0.2, 0.25) is 0 Å². The van der Waals surface area contributed by atoms with E-state index in [9.17, 15) is 27.3 Å². The molecule has 0 aliphatic rings. The van der Waals surface area contributed by atoms with Crippen LogP contribution in [0.4, 0.5) is 13.2 Å². The third kappa shape index (κ3) is 6.48. The first-order valence-electron chi connectivity index (χ1n) is 9.04. The number of halogens is 3. The summed E-state index contributed by atoms with van der Waals surface area (Å²) in [6.07, 6.45) is -1.75. The second-order valence-electron chi connectivity index (χ2n) is 6.73. The minimum absolute atomic E-state index is 0.262. The molecule has 0 heterocycles. The van der Waals surface area contributed by atoms with E-state index in [2.05, 4.69) is 0 Å². The number of carboxylic acid groups (broad SMARTS) is 1. The normalized spacial score (nSPS) is 13.9. The van der Waals surface area contributed by atoms with E-state index in [0.29, 0.717) is 36.1 Å². The summed E-state index contributed by atoms with van der Waals surface area (Å²) in [5, 5.41) is 8.41. The zero-order chi connectivity index (χ0) is 20.7. The van der Waals surface area contributed by atoms with Gasteiger partial charge in [0.2, 0.25) is 0 Å². The molecule has 0 fully saturated rings. The monoisotopic (exact) mass is 412 g/mol. The maximum Gasteiger partial charge on any atom is 0.416 e. The van der Waals surface area contributed by atoms with Gasteiger partial charge in [-0.3, -0.25) is 9.00 Å². The quantitative estimate of drug-likeness (QED) is 0.563. The Morgan fingerprint density at radius 1 is 1.07 bits per heavy atom. The largest absolute Gasteiger partial charge is 0.480 e. The average molecular weight is 412 g/mol. The van der Waals surface area contributed by atoms with E-state index in [-0.39, 0.29) is 6.42 Å². The van der Waals surface area contributed by atoms with Gasteiger partial charge in [-0.2, -0.15) is 13.2 Å². The van der Waals surface area contributed by atoms with Gasteiger partial charge in [-0.1, -0.05) is 48.7 Å². The third-order valence-electron chi connectivity index (χ3n) is 4.47. The summed E-state index contributed by atoms with van der Waals surface area (Å²) in [5.74, 6) is -1.10. The van der Waals surface area contributed by atoms with Crippen molar-refractivity contribution in [3.8, 4) is 0 Å². The molecule has 1 N–H and O–H groups in total. The topological polar surface area (TPSA) is 54.4 Å². The number of carbonyl (C=O) groups is 1. The van der Waals surface area contributed by atoms with Crippen LogP contribution in [-0.4, -0.2) is 20.5 Å². The highest BCUT2D eigenvalue weighted by molar-refractivity contribution is 7.86. The molecule has 3 nitrogen and oxygen atoms in total. The van der Waals surface area contributed by atoms with Gasteiger partial charge in [0.15, 0.2) is 0 Å². The molecule has 0 spiro atoms. The Morgan fingerprint density at radius 3 is 2.36 bits per heavy atom. The van der Waals surface area contributed by atoms with Crippen LogP contribution in [0.25, 0.3) is 0 Å². The Kier molecular flexibility index (Phi) is 7.80. The van der Waals surface area contributed by atoms with Crippen LogP contribution >= 0.6 is 0 Å². The summed E-state index contributed by atoms with van der Waals surface area (Å²) in [6, 6.07) is 12.2. The summed E-state index contributed by atoms with van der Waals surface area (Å²) in [5.41, 5.74) is 0.944. The fraction of sp³-hybridized carbons (Fsp3) is 0.381. The zero-order valence-corrected chi connectivity index (χ0v) is 16.4. The highest BCUT2D eigenvalue weighted by Crippen LogP contribution is 2.30. The highest BCUT2D eigenvalue weighted by atomic mass is 32.2. The van der Waals surface area contributed by atoms with E-state index >= 15 is 0 Å². The molecule has 0 radical (unpaired) electrons. The van der Waals surface area contributed by atoms with Crippen molar-refractivity contribution >= 4 is 16.8 Å². The van der Waals surface area contributed by atoms with Gasteiger partial charge < -0.3 is 5.11 Å². The summed E-state index contributed by atoms with van der Waals surface area (Å²) in [7, 11) is -1.64. The Morgan fingerprint density at radius 2 is 1.75 bits per heavy atom. The van der Waals surface area contributed by atoms with Gasteiger partial charge in [0.1, 0.15) is 5.25 Å². The van der Waals surface area contributed by atoms with E-state index in [0.717, 1.165) is 17.7 Å². The number of aryl methyl sites for hydroxylation is 2. The number of alkyl halides is 3. The van der Waals surface area contributed by atoms with Crippen molar-refractivity contribution < 1.29 is 27.3 Å². The highest BCUT2D eigenvalue weighted by Gasteiger charge is 2.30. The van der Waals surface area contributed by atoms with Crippen LogP contribution in [-0.2, 0) is 28.2 Å². The predicted octanol–water partition coefficient (Wildman–Crippen LogP) is 5.38. The molecular formula is C21H23F3O3S. The Balaban J connectivity index is 1.84. The van der Waals surface area contributed by atoms with Gasteiger partial charge in [0.25, 0.3) is 0 Å². The molecule has 2 atom stereocenters. The van der Waals surface area contributed by atoms with E-state index in [1.165, 1.54) is 6.07 Å². The first-order chi connectivity index (χ1) is 13.2. The van der Waals surface area contributed by atoms with Crippen LogP contribution in [0, 0.1) is 6.92 Å². The fourth-order valence-electron chi connectivity index (χ4n) is 2.90. The van der Waals surface area contributed by atoms with Gasteiger partial charge in [-0.05, 0) is 49.9 Å². The van der Waals surface area contributed by atoms with Crippen molar-refractivity contribution in [3.05, 3.63) is 65.2 Å². The van der Waals surface area contributed by atoms with Crippen molar-refractivity contribution in [2.75, 3.05) is 0 Å². The van der Waals surface area contributed by atoms with Gasteiger partial charge in [0.05, 0.1) is 16.4 Å². The molecule has 0 saturated heterocycles. The van der Waals surface area contributed by atoms with E-state index in [1.54, 1.807) is 30.3 Å². The molecule has 2 aromatic carbocycles. The van der Waals surface area contributed by atoms with E-state index < -0.39 is 33.8 Å². The van der Waals surface area contributed by atoms with Crippen LogP contribution in [0.1, 0.15) is 42.4 Å². The Hall–Kier alpha value is -2.15. The van der Waals surface area contributed by atoms with Crippen LogP contribution in [0.3, 0.4) is 0 Å². The summed E-state index contributed by atoms with van der Waals surface area (Å²) >= 11 is 0. The van der Waals surface area contributed by atoms with Crippen LogP contribution < -0.4 is 0 Å². The number of hydrogen-bond donors (Lipinski definition) is 1. The lowest BCUT2D eigenvalue weighted by Gasteiger charge is -2.13. The third-order valence-corrected chi connectivity index (χ3v) is 6.16. The van der Waals surface area contributed by atoms with Crippen LogP contribution in [0.5, 0.6) is 0 Å². The minimum atomic E-state index is -4.36. The molecular weight excluding hydrogens is 389 g/mol. The molecule has 0 bridgehead atoms. The molecule has 7 heteroatoms. The average Bonchev–Trinajstić information content (AvgIpc) is 2.64. The lowest BCUT2D eigenvalue weighted by Crippen LogP contribution is -2.25. The number of carboxylic acids is 1. The van der Waals surface area contributed by atoms with Gasteiger partial charge in [-0.25, -0.2) is 0 Å². The second-order valence-corrected chi connectivity index (χ2v) is 8.37. The summed E-state index contributed by atoms with van der Waals surface area (Å²) in [4.78, 5) is 12.0. The van der Waals surface area contributed by atoms with Gasteiger partial charge in [-0.15, -0.1) is 0 Å². The molecule has 0 saturated carbocycles. The number of aliphatic carboxylic acids is 1. The van der Waals surface area contributed by atoms with Gasteiger partial charge in [0, 0.05) is 4.90 Å². The molecule has 0 amide bonds. The molecule has 28 heavy (non-hydrogen) atoms. The van der Waals surface area contributed by atoms with Crippen molar-refractivity contribution in [1.82, 2.24) is 0 Å². The lowest BCUT2D eigenvalue weighted by atomic mass is 10.0. The number of rotatable bonds is 9. The number of unbranched alkanes of at least 4 members (excludes halogenated alkanes) is 2. The smallest absolute Gasteiger partial charge is 0.416 e. The maximum absolute atomic E-state index is 12.7. The summed E-state index contributed by atoms with van der Waals surface area (Å²) in [6.45, 7) is 1.89. The van der Waals surface area contributed by atoms with Crippen molar-refractivity contribution in [2.45, 2.75) is 55.3 Å². The molecule has 2 rings (SSSR count). The summed E-state index contributed by atoms with van der Waals surface area (Å²) < 4.78 is 50.7. The van der Waals surface area contributed by atoms with E-state index in [1.807, 2.05) is 6.92 Å².